The van der Waals surface area contributed by atoms with Gasteiger partial charge in [0, 0.05) is 26.9 Å². The summed E-state index contributed by atoms with van der Waals surface area (Å²) in [5.74, 6) is 0.735. The smallest absolute Gasteiger partial charge is 0.181 e. The van der Waals surface area contributed by atoms with Crippen LogP contribution < -0.4 is 0 Å². The number of nitrogens with one attached hydrogen (secondary N) is 1. The SMILES string of the molecule is c1ccc(Cc2sc3ccccc3c2-c2nnn[nH]2)cc1. The first-order chi connectivity index (χ1) is 10.4. The molecule has 0 atom stereocenters. The van der Waals surface area contributed by atoms with Crippen LogP contribution in [0.3, 0.4) is 0 Å². The molecule has 102 valence electrons. The van der Waals surface area contributed by atoms with Gasteiger partial charge in [0.1, 0.15) is 0 Å². The third-order valence-corrected chi connectivity index (χ3v) is 4.63. The van der Waals surface area contributed by atoms with E-state index in [-0.39, 0.29) is 0 Å². The molecule has 0 aliphatic carbocycles. The maximum absolute atomic E-state index is 4.10. The number of rotatable bonds is 3. The van der Waals surface area contributed by atoms with Crippen LogP contribution in [0.25, 0.3) is 21.5 Å². The molecule has 0 spiro atoms. The standard InChI is InChI=1S/C16H12N4S/c1-2-6-11(7-3-1)10-14-15(16-17-19-20-18-16)12-8-4-5-9-13(12)21-14/h1-9H,10H2,(H,17,18,19,20). The number of hydrogen-bond acceptors (Lipinski definition) is 4. The Bertz CT molecular complexity index is 866. The fourth-order valence-corrected chi connectivity index (χ4v) is 3.77. The fourth-order valence-electron chi connectivity index (χ4n) is 2.53. The van der Waals surface area contributed by atoms with E-state index < -0.39 is 0 Å². The molecule has 0 unspecified atom stereocenters. The number of benzene rings is 2. The van der Waals surface area contributed by atoms with Gasteiger partial charge in [0.05, 0.1) is 0 Å². The second-order valence-electron chi connectivity index (χ2n) is 4.81. The molecule has 1 N–H and O–H groups in total. The molecule has 4 rings (SSSR count). The lowest BCUT2D eigenvalue weighted by Gasteiger charge is -2.01. The van der Waals surface area contributed by atoms with Gasteiger partial charge < -0.3 is 0 Å². The molecular formula is C16H12N4S. The van der Waals surface area contributed by atoms with Crippen LogP contribution in [0.15, 0.2) is 54.6 Å². The average Bonchev–Trinajstić information content (AvgIpc) is 3.14. The first-order valence-corrected chi connectivity index (χ1v) is 7.52. The van der Waals surface area contributed by atoms with Crippen LogP contribution in [0.5, 0.6) is 0 Å². The Morgan fingerprint density at radius 1 is 0.952 bits per heavy atom. The van der Waals surface area contributed by atoms with Gasteiger partial charge in [0.25, 0.3) is 0 Å². The molecule has 0 saturated heterocycles. The van der Waals surface area contributed by atoms with Crippen LogP contribution in [0, 0.1) is 0 Å². The molecule has 2 aromatic heterocycles. The van der Waals surface area contributed by atoms with Gasteiger partial charge >= 0.3 is 0 Å². The molecule has 2 aromatic carbocycles. The monoisotopic (exact) mass is 292 g/mol. The van der Waals surface area contributed by atoms with E-state index in [0.29, 0.717) is 0 Å². The summed E-state index contributed by atoms with van der Waals surface area (Å²) in [6.45, 7) is 0. The molecule has 4 nitrogen and oxygen atoms in total. The molecule has 21 heavy (non-hydrogen) atoms. The fraction of sp³-hybridized carbons (Fsp3) is 0.0625. The summed E-state index contributed by atoms with van der Waals surface area (Å²) in [4.78, 5) is 1.28. The van der Waals surface area contributed by atoms with Crippen molar-refractivity contribution in [3.63, 3.8) is 0 Å². The van der Waals surface area contributed by atoms with Crippen molar-refractivity contribution in [2.45, 2.75) is 6.42 Å². The first kappa shape index (κ1) is 12.2. The Kier molecular flexibility index (Phi) is 2.97. The van der Waals surface area contributed by atoms with Crippen LogP contribution in [0.4, 0.5) is 0 Å². The minimum Gasteiger partial charge on any atom is -0.239 e. The lowest BCUT2D eigenvalue weighted by atomic mass is 10.1. The van der Waals surface area contributed by atoms with Crippen LogP contribution >= 0.6 is 11.3 Å². The zero-order valence-electron chi connectivity index (χ0n) is 11.2. The van der Waals surface area contributed by atoms with Gasteiger partial charge in [0.2, 0.25) is 0 Å². The number of nitrogens with zero attached hydrogens (tertiary/aromatic N) is 3. The van der Waals surface area contributed by atoms with E-state index >= 15 is 0 Å². The first-order valence-electron chi connectivity index (χ1n) is 6.70. The number of fused-ring (bicyclic) bond motifs is 1. The van der Waals surface area contributed by atoms with Gasteiger partial charge in [-0.25, -0.2) is 5.10 Å². The maximum Gasteiger partial charge on any atom is 0.181 e. The Morgan fingerprint density at radius 3 is 2.57 bits per heavy atom. The summed E-state index contributed by atoms with van der Waals surface area (Å²) in [5, 5.41) is 15.6. The zero-order chi connectivity index (χ0) is 14.1. The van der Waals surface area contributed by atoms with Crippen molar-refractivity contribution >= 4 is 21.4 Å². The van der Waals surface area contributed by atoms with E-state index in [1.54, 1.807) is 11.3 Å². The minimum atomic E-state index is 0.735. The highest BCUT2D eigenvalue weighted by molar-refractivity contribution is 7.19. The molecule has 0 radical (unpaired) electrons. The molecule has 0 amide bonds. The number of H-pyrrole nitrogens is 1. The van der Waals surface area contributed by atoms with E-state index in [4.69, 9.17) is 0 Å². The summed E-state index contributed by atoms with van der Waals surface area (Å²) < 4.78 is 1.26. The Labute approximate surface area is 125 Å². The van der Waals surface area contributed by atoms with Crippen molar-refractivity contribution in [3.05, 3.63) is 65.0 Å². The van der Waals surface area contributed by atoms with Crippen LogP contribution in [0.1, 0.15) is 10.4 Å². The van der Waals surface area contributed by atoms with E-state index in [9.17, 15) is 0 Å². The maximum atomic E-state index is 4.10. The van der Waals surface area contributed by atoms with E-state index in [1.807, 2.05) is 6.07 Å². The third-order valence-electron chi connectivity index (χ3n) is 3.46. The van der Waals surface area contributed by atoms with E-state index in [0.717, 1.165) is 17.8 Å². The largest absolute Gasteiger partial charge is 0.239 e. The van der Waals surface area contributed by atoms with Gasteiger partial charge in [-0.15, -0.1) is 16.4 Å². The van der Waals surface area contributed by atoms with Crippen LogP contribution in [0.2, 0.25) is 0 Å². The molecule has 2 heterocycles. The predicted octanol–water partition coefficient (Wildman–Crippen LogP) is 3.67. The second kappa shape index (κ2) is 5.10. The Balaban J connectivity index is 1.90. The molecule has 4 aromatic rings. The van der Waals surface area contributed by atoms with Crippen molar-refractivity contribution in [2.75, 3.05) is 0 Å². The molecule has 0 saturated carbocycles. The highest BCUT2D eigenvalue weighted by atomic mass is 32.1. The number of hydrogen-bond donors (Lipinski definition) is 1. The lowest BCUT2D eigenvalue weighted by Crippen LogP contribution is -1.89. The van der Waals surface area contributed by atoms with Gasteiger partial charge in [0.15, 0.2) is 5.82 Å². The predicted molar refractivity (Wildman–Crippen MR) is 84.2 cm³/mol. The molecular weight excluding hydrogens is 280 g/mol. The van der Waals surface area contributed by atoms with E-state index in [2.05, 4.69) is 69.2 Å². The van der Waals surface area contributed by atoms with Crippen molar-refractivity contribution in [1.82, 2.24) is 20.6 Å². The quantitative estimate of drug-likeness (QED) is 0.627. The van der Waals surface area contributed by atoms with E-state index in [1.165, 1.54) is 20.5 Å². The van der Waals surface area contributed by atoms with Crippen molar-refractivity contribution in [3.8, 4) is 11.4 Å². The number of aromatic amines is 1. The zero-order valence-corrected chi connectivity index (χ0v) is 12.0. The highest BCUT2D eigenvalue weighted by Crippen LogP contribution is 2.38. The second-order valence-corrected chi connectivity index (χ2v) is 5.95. The Hall–Kier alpha value is -2.53. The number of tetrazole rings is 1. The van der Waals surface area contributed by atoms with Crippen molar-refractivity contribution in [1.29, 1.82) is 0 Å². The van der Waals surface area contributed by atoms with Crippen LogP contribution in [-0.2, 0) is 6.42 Å². The number of aromatic nitrogens is 4. The summed E-state index contributed by atoms with van der Waals surface area (Å²) >= 11 is 1.80. The van der Waals surface area contributed by atoms with Crippen molar-refractivity contribution in [2.24, 2.45) is 0 Å². The highest BCUT2D eigenvalue weighted by Gasteiger charge is 2.16. The number of thiophene rings is 1. The summed E-state index contributed by atoms with van der Waals surface area (Å²) in [6.07, 6.45) is 0.885. The topological polar surface area (TPSA) is 54.5 Å². The van der Waals surface area contributed by atoms with Crippen LogP contribution in [-0.4, -0.2) is 20.6 Å². The third kappa shape index (κ3) is 2.21. The van der Waals surface area contributed by atoms with Gasteiger partial charge in [-0.1, -0.05) is 48.5 Å². The lowest BCUT2D eigenvalue weighted by molar-refractivity contribution is 0.881. The van der Waals surface area contributed by atoms with Gasteiger partial charge in [-0.3, -0.25) is 0 Å². The molecule has 0 aliphatic rings. The minimum absolute atomic E-state index is 0.735. The molecule has 0 aliphatic heterocycles. The Morgan fingerprint density at radius 2 is 1.76 bits per heavy atom. The molecule has 0 fully saturated rings. The molecule has 0 bridgehead atoms. The van der Waals surface area contributed by atoms with Crippen molar-refractivity contribution < 1.29 is 0 Å². The van der Waals surface area contributed by atoms with Gasteiger partial charge in [-0.2, -0.15) is 0 Å². The average molecular weight is 292 g/mol. The van der Waals surface area contributed by atoms with Gasteiger partial charge in [-0.05, 0) is 22.1 Å². The summed E-state index contributed by atoms with van der Waals surface area (Å²) in [5.41, 5.74) is 2.40. The summed E-state index contributed by atoms with van der Waals surface area (Å²) in [6, 6.07) is 18.8. The summed E-state index contributed by atoms with van der Waals surface area (Å²) in [7, 11) is 0. The normalized spacial score (nSPS) is 11.0. The molecule has 5 heteroatoms.